The highest BCUT2D eigenvalue weighted by atomic mass is 16.5. The van der Waals surface area contributed by atoms with Gasteiger partial charge in [-0.15, -0.1) is 0 Å². The number of aryl methyl sites for hydroxylation is 1. The summed E-state index contributed by atoms with van der Waals surface area (Å²) in [5, 5.41) is 0. The summed E-state index contributed by atoms with van der Waals surface area (Å²) in [6, 6.07) is 12.5. The van der Waals surface area contributed by atoms with Crippen LogP contribution in [-0.2, 0) is 22.0 Å². The van der Waals surface area contributed by atoms with Crippen LogP contribution in [-0.4, -0.2) is 13.1 Å². The third-order valence-corrected chi connectivity index (χ3v) is 6.70. The van der Waals surface area contributed by atoms with E-state index in [9.17, 15) is 4.79 Å². The first kappa shape index (κ1) is 22.3. The molecule has 0 saturated carbocycles. The van der Waals surface area contributed by atoms with Crippen molar-refractivity contribution in [2.45, 2.75) is 77.6 Å². The number of rotatable bonds is 6. The average molecular weight is 405 g/mol. The first-order valence-electron chi connectivity index (χ1n) is 11.2. The number of ether oxygens (including phenoxy) is 1. The Balaban J connectivity index is 2.00. The van der Waals surface area contributed by atoms with Gasteiger partial charge in [0, 0.05) is 0 Å². The van der Waals surface area contributed by atoms with E-state index in [-0.39, 0.29) is 16.8 Å². The van der Waals surface area contributed by atoms with E-state index >= 15 is 0 Å². The van der Waals surface area contributed by atoms with Gasteiger partial charge in [0.25, 0.3) is 0 Å². The van der Waals surface area contributed by atoms with Gasteiger partial charge in [-0.2, -0.15) is 0 Å². The Labute approximate surface area is 182 Å². The number of fused-ring (bicyclic) bond motifs is 1. The van der Waals surface area contributed by atoms with Gasteiger partial charge in [0.2, 0.25) is 0 Å². The Hall–Kier alpha value is -2.35. The summed E-state index contributed by atoms with van der Waals surface area (Å²) in [7, 11) is 1.41. The molecule has 2 aromatic rings. The molecule has 0 N–H and O–H groups in total. The van der Waals surface area contributed by atoms with Crippen molar-refractivity contribution < 1.29 is 9.53 Å². The minimum Gasteiger partial charge on any atom is -0.465 e. The predicted molar refractivity (Wildman–Crippen MR) is 127 cm³/mol. The number of carbonyl (C=O) groups is 1. The van der Waals surface area contributed by atoms with Crippen LogP contribution < -0.4 is 0 Å². The number of unbranched alkanes of at least 4 members (excludes halogenated alkanes) is 1. The van der Waals surface area contributed by atoms with Crippen molar-refractivity contribution >= 4 is 18.1 Å². The lowest BCUT2D eigenvalue weighted by molar-refractivity contribution is 0.0600. The van der Waals surface area contributed by atoms with E-state index in [0.717, 1.165) is 12.0 Å². The molecule has 2 aromatic carbocycles. The lowest BCUT2D eigenvalue weighted by Crippen LogP contribution is -2.34. The van der Waals surface area contributed by atoms with Gasteiger partial charge in [-0.1, -0.05) is 77.5 Å². The minimum atomic E-state index is -0.299. The minimum absolute atomic E-state index is 0.207. The van der Waals surface area contributed by atoms with E-state index in [1.54, 1.807) is 0 Å². The van der Waals surface area contributed by atoms with Gasteiger partial charge >= 0.3 is 5.97 Å². The molecule has 2 nitrogen and oxygen atoms in total. The summed E-state index contributed by atoms with van der Waals surface area (Å²) < 4.78 is 4.79. The number of esters is 1. The van der Waals surface area contributed by atoms with Crippen LogP contribution in [0, 0.1) is 0 Å². The molecule has 30 heavy (non-hydrogen) atoms. The second-order valence-electron chi connectivity index (χ2n) is 9.91. The molecule has 0 unspecified atom stereocenters. The van der Waals surface area contributed by atoms with E-state index in [0.29, 0.717) is 5.56 Å². The molecule has 0 saturated heterocycles. The fourth-order valence-corrected chi connectivity index (χ4v) is 4.45. The molecule has 0 heterocycles. The van der Waals surface area contributed by atoms with E-state index in [1.165, 1.54) is 55.0 Å². The molecular formula is C28H36O2. The maximum Gasteiger partial charge on any atom is 0.337 e. The Morgan fingerprint density at radius 3 is 2.13 bits per heavy atom. The Morgan fingerprint density at radius 2 is 1.57 bits per heavy atom. The maximum atomic E-state index is 11.7. The van der Waals surface area contributed by atoms with Crippen molar-refractivity contribution in [2.24, 2.45) is 0 Å². The van der Waals surface area contributed by atoms with Crippen molar-refractivity contribution in [2.75, 3.05) is 7.11 Å². The molecule has 0 fully saturated rings. The quantitative estimate of drug-likeness (QED) is 0.372. The monoisotopic (exact) mass is 404 g/mol. The van der Waals surface area contributed by atoms with Gasteiger partial charge < -0.3 is 4.74 Å². The highest BCUT2D eigenvalue weighted by Gasteiger charge is 2.37. The normalized spacial score (nSPS) is 17.0. The highest BCUT2D eigenvalue weighted by molar-refractivity contribution is 5.89. The van der Waals surface area contributed by atoms with Crippen molar-refractivity contribution in [3.63, 3.8) is 0 Å². The fraction of sp³-hybridized carbons (Fsp3) is 0.464. The van der Waals surface area contributed by atoms with Crippen LogP contribution in [0.25, 0.3) is 12.2 Å². The number of hydrogen-bond acceptors (Lipinski definition) is 2. The third-order valence-electron chi connectivity index (χ3n) is 6.70. The Kier molecular flexibility index (Phi) is 6.55. The molecule has 0 aromatic heterocycles. The number of carbonyl (C=O) groups excluding carboxylic acids is 1. The van der Waals surface area contributed by atoms with Gasteiger partial charge in [-0.05, 0) is 76.5 Å². The summed E-state index contributed by atoms with van der Waals surface area (Å²) >= 11 is 0. The molecule has 0 bridgehead atoms. The smallest absolute Gasteiger partial charge is 0.337 e. The summed E-state index contributed by atoms with van der Waals surface area (Å²) in [6.07, 6.45) is 10.4. The molecular weight excluding hydrogens is 368 g/mol. The molecule has 0 radical (unpaired) electrons. The maximum absolute atomic E-state index is 11.7. The zero-order chi connectivity index (χ0) is 21.9. The van der Waals surface area contributed by atoms with E-state index in [4.69, 9.17) is 4.74 Å². The molecule has 160 valence electrons. The summed E-state index contributed by atoms with van der Waals surface area (Å²) in [5.74, 6) is -0.299. The summed E-state index contributed by atoms with van der Waals surface area (Å²) in [6.45, 7) is 11.8. The molecule has 0 spiro atoms. The second kappa shape index (κ2) is 8.79. The Morgan fingerprint density at radius 1 is 0.967 bits per heavy atom. The predicted octanol–water partition coefficient (Wildman–Crippen LogP) is 7.34. The lowest BCUT2D eigenvalue weighted by Gasteiger charge is -2.42. The van der Waals surface area contributed by atoms with Crippen LogP contribution in [0.5, 0.6) is 0 Å². The molecule has 0 amide bonds. The van der Waals surface area contributed by atoms with E-state index < -0.39 is 0 Å². The zero-order valence-corrected chi connectivity index (χ0v) is 19.5. The lowest BCUT2D eigenvalue weighted by atomic mass is 9.62. The first-order valence-corrected chi connectivity index (χ1v) is 11.2. The number of benzene rings is 2. The van der Waals surface area contributed by atoms with Gasteiger partial charge in [0.1, 0.15) is 0 Å². The summed E-state index contributed by atoms with van der Waals surface area (Å²) in [5.41, 5.74) is 7.91. The van der Waals surface area contributed by atoms with Crippen LogP contribution >= 0.6 is 0 Å². The second-order valence-corrected chi connectivity index (χ2v) is 9.91. The molecule has 1 aliphatic carbocycles. The van der Waals surface area contributed by atoms with Crippen molar-refractivity contribution in [1.82, 2.24) is 0 Å². The standard InChI is InChI=1S/C28H36O2/c1-7-8-9-22-18-24-25(28(4,5)17-16-27(24,2)3)19-23(22)15-12-20-10-13-21(14-11-20)26(29)30-6/h10-15,18-19H,7-9,16-17H2,1-6H3. The molecule has 1 aliphatic rings. The number of methoxy groups -OCH3 is 1. The van der Waals surface area contributed by atoms with Gasteiger partial charge in [-0.3, -0.25) is 0 Å². The molecule has 3 rings (SSSR count). The van der Waals surface area contributed by atoms with Crippen LogP contribution in [0.2, 0.25) is 0 Å². The number of hydrogen-bond donors (Lipinski definition) is 0. The van der Waals surface area contributed by atoms with Crippen molar-refractivity contribution in [3.8, 4) is 0 Å². The third kappa shape index (κ3) is 4.69. The molecule has 0 atom stereocenters. The van der Waals surface area contributed by atoms with Crippen LogP contribution in [0.1, 0.15) is 98.5 Å². The largest absolute Gasteiger partial charge is 0.465 e. The summed E-state index contributed by atoms with van der Waals surface area (Å²) in [4.78, 5) is 11.7. The van der Waals surface area contributed by atoms with Crippen LogP contribution in [0.4, 0.5) is 0 Å². The van der Waals surface area contributed by atoms with Crippen molar-refractivity contribution in [1.29, 1.82) is 0 Å². The average Bonchev–Trinajstić information content (AvgIpc) is 2.73. The van der Waals surface area contributed by atoms with E-state index in [2.05, 4.69) is 58.9 Å². The first-order chi connectivity index (χ1) is 14.2. The van der Waals surface area contributed by atoms with Crippen LogP contribution in [0.3, 0.4) is 0 Å². The van der Waals surface area contributed by atoms with Gasteiger partial charge in [-0.25, -0.2) is 4.79 Å². The van der Waals surface area contributed by atoms with Crippen molar-refractivity contribution in [3.05, 3.63) is 69.8 Å². The zero-order valence-electron chi connectivity index (χ0n) is 19.5. The molecule has 2 heteroatoms. The van der Waals surface area contributed by atoms with Gasteiger partial charge in [0.05, 0.1) is 12.7 Å². The van der Waals surface area contributed by atoms with E-state index in [1.807, 2.05) is 24.3 Å². The van der Waals surface area contributed by atoms with Crippen LogP contribution in [0.15, 0.2) is 36.4 Å². The SMILES string of the molecule is CCCCc1cc2c(cc1C=Cc1ccc(C(=O)OC)cc1)C(C)(C)CCC2(C)C. The fourth-order valence-electron chi connectivity index (χ4n) is 4.45. The Bertz CT molecular complexity index is 930. The highest BCUT2D eigenvalue weighted by Crippen LogP contribution is 2.46. The topological polar surface area (TPSA) is 26.3 Å². The molecule has 0 aliphatic heterocycles. The van der Waals surface area contributed by atoms with Gasteiger partial charge in [0.15, 0.2) is 0 Å².